The fourth-order valence-electron chi connectivity index (χ4n) is 10.1. The van der Waals surface area contributed by atoms with Crippen LogP contribution in [0.15, 0.2) is 18.2 Å². The highest BCUT2D eigenvalue weighted by Gasteiger charge is 2.76. The van der Waals surface area contributed by atoms with Gasteiger partial charge in [0.1, 0.15) is 5.75 Å². The molecule has 4 aliphatic carbocycles. The molecule has 1 aromatic carbocycles. The number of fused-ring (bicyclic) bond motifs is 1. The van der Waals surface area contributed by atoms with E-state index < -0.39 is 6.10 Å². The average Bonchev–Trinajstić information content (AvgIpc) is 3.33. The van der Waals surface area contributed by atoms with Crippen molar-refractivity contribution in [1.29, 1.82) is 0 Å². The zero-order chi connectivity index (χ0) is 22.8. The molecule has 6 nitrogen and oxygen atoms in total. The van der Waals surface area contributed by atoms with Crippen molar-refractivity contribution < 1.29 is 19.4 Å². The fourth-order valence-corrected chi connectivity index (χ4v) is 10.1. The molecule has 0 radical (unpaired) electrons. The first-order chi connectivity index (χ1) is 16.5. The minimum Gasteiger partial charge on any atom is -0.508 e. The zero-order valence-electron chi connectivity index (χ0n) is 19.7. The number of hydrogen-bond acceptors (Lipinski definition) is 5. The van der Waals surface area contributed by atoms with Gasteiger partial charge in [0.05, 0.1) is 0 Å². The lowest BCUT2D eigenvalue weighted by molar-refractivity contribution is -0.156. The number of esters is 1. The molecule has 0 aromatic heterocycles. The van der Waals surface area contributed by atoms with Crippen LogP contribution in [0.25, 0.3) is 0 Å². The summed E-state index contributed by atoms with van der Waals surface area (Å²) in [5.74, 6) is 2.04. The van der Waals surface area contributed by atoms with Crippen molar-refractivity contribution in [2.24, 2.45) is 23.2 Å². The predicted octanol–water partition coefficient (Wildman–Crippen LogP) is 3.00. The average molecular weight is 463 g/mol. The topological polar surface area (TPSA) is 70.1 Å². The maximum atomic E-state index is 13.5. The van der Waals surface area contributed by atoms with Crippen LogP contribution in [-0.4, -0.2) is 64.6 Å². The van der Waals surface area contributed by atoms with Crippen LogP contribution in [0.1, 0.15) is 62.5 Å². The maximum absolute atomic E-state index is 13.5. The molecule has 1 aromatic rings. The van der Waals surface area contributed by atoms with Crippen LogP contribution in [0.5, 0.6) is 5.75 Å². The summed E-state index contributed by atoms with van der Waals surface area (Å²) in [6.07, 6.45) is 8.77. The van der Waals surface area contributed by atoms with Gasteiger partial charge in [-0.25, -0.2) is 0 Å². The van der Waals surface area contributed by atoms with Crippen molar-refractivity contribution in [3.8, 4) is 5.75 Å². The maximum Gasteiger partial charge on any atom is 0.306 e. The standard InChI is InChI=1S/C28H34N2O4/c31-19-4-3-17-11-23-27-8-7-21-25(18(13-27)15-30(21)26(33)22-5-6-24(32)34-22)28(27,20(17)12-19)9-10-29(23)14-16-1-2-16/h3-4,12,16,18,21-23,25,31H,1-2,5-11,13-15H2/t18-,21-,22-,23-,25-,27-,28+/m1/s1. The van der Waals surface area contributed by atoms with Gasteiger partial charge in [-0.15, -0.1) is 0 Å². The number of nitrogens with zero attached hydrogens (tertiary/aromatic N) is 2. The highest BCUT2D eigenvalue weighted by Crippen LogP contribution is 2.75. The van der Waals surface area contributed by atoms with Crippen molar-refractivity contribution in [2.45, 2.75) is 81.4 Å². The number of hydrogen-bond donors (Lipinski definition) is 1. The summed E-state index contributed by atoms with van der Waals surface area (Å²) in [4.78, 5) is 30.2. The van der Waals surface area contributed by atoms with Crippen LogP contribution in [0, 0.1) is 23.2 Å². The highest BCUT2D eigenvalue weighted by molar-refractivity contribution is 5.87. The monoisotopic (exact) mass is 462 g/mol. The molecule has 1 N–H and O–H groups in total. The molecule has 1 amide bonds. The van der Waals surface area contributed by atoms with Gasteiger partial charge in [0, 0.05) is 43.4 Å². The van der Waals surface area contributed by atoms with Crippen molar-refractivity contribution in [2.75, 3.05) is 19.6 Å². The molecule has 4 bridgehead atoms. The summed E-state index contributed by atoms with van der Waals surface area (Å²) in [7, 11) is 0. The van der Waals surface area contributed by atoms with Gasteiger partial charge in [0.2, 0.25) is 0 Å². The number of likely N-dealkylation sites (tertiary alicyclic amines) is 2. The first-order valence-electron chi connectivity index (χ1n) is 13.6. The van der Waals surface area contributed by atoms with Crippen molar-refractivity contribution in [3.63, 3.8) is 0 Å². The molecule has 3 heterocycles. The smallest absolute Gasteiger partial charge is 0.306 e. The van der Waals surface area contributed by atoms with E-state index in [1.54, 1.807) is 0 Å². The summed E-state index contributed by atoms with van der Waals surface area (Å²) in [5.41, 5.74) is 3.14. The van der Waals surface area contributed by atoms with E-state index in [0.717, 1.165) is 38.3 Å². The van der Waals surface area contributed by atoms with Crippen LogP contribution in [0.3, 0.4) is 0 Å². The molecule has 34 heavy (non-hydrogen) atoms. The van der Waals surface area contributed by atoms with E-state index >= 15 is 0 Å². The van der Waals surface area contributed by atoms with Crippen molar-refractivity contribution in [1.82, 2.24) is 9.80 Å². The molecule has 6 fully saturated rings. The lowest BCUT2D eigenvalue weighted by Gasteiger charge is -2.66. The Kier molecular flexibility index (Phi) is 3.89. The van der Waals surface area contributed by atoms with Crippen molar-refractivity contribution >= 4 is 11.9 Å². The summed E-state index contributed by atoms with van der Waals surface area (Å²) < 4.78 is 5.41. The molecule has 0 unspecified atom stereocenters. The second-order valence-electron chi connectivity index (χ2n) is 12.5. The van der Waals surface area contributed by atoms with Crippen LogP contribution >= 0.6 is 0 Å². The molecule has 8 rings (SSSR count). The molecule has 7 atom stereocenters. The first-order valence-corrected chi connectivity index (χ1v) is 13.6. The Balaban J connectivity index is 1.23. The molecular formula is C28H34N2O4. The van der Waals surface area contributed by atoms with Gasteiger partial charge in [-0.1, -0.05) is 6.07 Å². The van der Waals surface area contributed by atoms with E-state index in [-0.39, 0.29) is 28.7 Å². The molecule has 7 aliphatic rings. The Labute approximate surface area is 200 Å². The largest absolute Gasteiger partial charge is 0.508 e. The quantitative estimate of drug-likeness (QED) is 0.700. The summed E-state index contributed by atoms with van der Waals surface area (Å²) >= 11 is 0. The fraction of sp³-hybridized carbons (Fsp3) is 0.714. The number of phenolic OH excluding ortho intramolecular Hbond substituents is 1. The summed E-state index contributed by atoms with van der Waals surface area (Å²) in [5, 5.41) is 10.6. The van der Waals surface area contributed by atoms with Crippen LogP contribution in [0.2, 0.25) is 0 Å². The predicted molar refractivity (Wildman–Crippen MR) is 124 cm³/mol. The van der Waals surface area contributed by atoms with E-state index in [0.29, 0.717) is 36.5 Å². The van der Waals surface area contributed by atoms with Gasteiger partial charge in [-0.2, -0.15) is 0 Å². The number of amides is 1. The normalized spacial score (nSPS) is 44.1. The number of piperidine rings is 1. The molecule has 180 valence electrons. The zero-order valence-corrected chi connectivity index (χ0v) is 19.7. The number of phenols is 1. The Bertz CT molecular complexity index is 1100. The van der Waals surface area contributed by atoms with E-state index in [1.807, 2.05) is 6.07 Å². The van der Waals surface area contributed by atoms with Crippen LogP contribution in [0.4, 0.5) is 0 Å². The minimum absolute atomic E-state index is 0.0452. The minimum atomic E-state index is -0.577. The molecule has 3 aliphatic heterocycles. The molecule has 6 heteroatoms. The van der Waals surface area contributed by atoms with Gasteiger partial charge in [0.15, 0.2) is 6.10 Å². The van der Waals surface area contributed by atoms with Gasteiger partial charge >= 0.3 is 5.97 Å². The lowest BCUT2D eigenvalue weighted by atomic mass is 9.43. The van der Waals surface area contributed by atoms with Crippen molar-refractivity contribution in [3.05, 3.63) is 29.3 Å². The number of carbonyl (C=O) groups excluding carboxylic acids is 2. The molecule has 3 saturated heterocycles. The number of aromatic hydroxyl groups is 1. The number of carbonyl (C=O) groups is 2. The van der Waals surface area contributed by atoms with E-state index in [2.05, 4.69) is 21.9 Å². The molecule has 3 saturated carbocycles. The van der Waals surface area contributed by atoms with Crippen LogP contribution < -0.4 is 0 Å². The number of ether oxygens (including phenoxy) is 1. The third-order valence-corrected chi connectivity index (χ3v) is 11.2. The third kappa shape index (κ3) is 2.36. The Hall–Kier alpha value is -2.08. The summed E-state index contributed by atoms with van der Waals surface area (Å²) in [6, 6.07) is 6.97. The lowest BCUT2D eigenvalue weighted by Crippen LogP contribution is -2.70. The van der Waals surface area contributed by atoms with Gasteiger partial charge in [0.25, 0.3) is 5.91 Å². The van der Waals surface area contributed by atoms with E-state index in [4.69, 9.17) is 4.74 Å². The second-order valence-corrected chi connectivity index (χ2v) is 12.5. The Morgan fingerprint density at radius 1 is 1.18 bits per heavy atom. The highest BCUT2D eigenvalue weighted by atomic mass is 16.6. The number of benzene rings is 1. The molecular weight excluding hydrogens is 428 g/mol. The third-order valence-electron chi connectivity index (χ3n) is 11.2. The number of cyclic esters (lactones) is 1. The van der Waals surface area contributed by atoms with E-state index in [9.17, 15) is 14.7 Å². The Morgan fingerprint density at radius 2 is 2.06 bits per heavy atom. The molecule has 0 spiro atoms. The van der Waals surface area contributed by atoms with Gasteiger partial charge in [-0.05, 0) is 97.9 Å². The Morgan fingerprint density at radius 3 is 2.85 bits per heavy atom. The van der Waals surface area contributed by atoms with Gasteiger partial charge in [-0.3, -0.25) is 14.5 Å². The SMILES string of the molecule is O=C1CC[C@H](C(=O)N2C[C@H]3C[C@@]45CC[C@@H]2[C@@H]3[C@@]42CCN(CC3CC3)[C@@H]5Cc3ccc(O)cc32)O1. The first kappa shape index (κ1) is 20.1. The van der Waals surface area contributed by atoms with Crippen LogP contribution in [-0.2, 0) is 26.2 Å². The summed E-state index contributed by atoms with van der Waals surface area (Å²) in [6.45, 7) is 3.21. The van der Waals surface area contributed by atoms with E-state index in [1.165, 1.54) is 43.4 Å². The van der Waals surface area contributed by atoms with Gasteiger partial charge < -0.3 is 14.7 Å². The second kappa shape index (κ2) is 6.57. The number of rotatable bonds is 3.